The predicted octanol–water partition coefficient (Wildman–Crippen LogP) is 4.32. The number of halogens is 2. The van der Waals surface area contributed by atoms with Crippen LogP contribution in [0.15, 0.2) is 30.3 Å². The SMILES string of the molecule is COc1cc(C)nc(CNc2ccc(Cl)c(Cl)c2)c1. The van der Waals surface area contributed by atoms with Gasteiger partial charge in [-0.15, -0.1) is 0 Å². The van der Waals surface area contributed by atoms with Crippen LogP contribution in [-0.2, 0) is 6.54 Å². The van der Waals surface area contributed by atoms with Gasteiger partial charge < -0.3 is 10.1 Å². The fourth-order valence-corrected chi connectivity index (χ4v) is 2.01. The first-order valence-corrected chi connectivity index (χ1v) is 6.54. The van der Waals surface area contributed by atoms with Gasteiger partial charge in [0.1, 0.15) is 5.75 Å². The number of benzene rings is 1. The number of methoxy groups -OCH3 is 1. The van der Waals surface area contributed by atoms with Gasteiger partial charge in [0.05, 0.1) is 29.4 Å². The van der Waals surface area contributed by atoms with Crippen molar-refractivity contribution in [1.82, 2.24) is 4.98 Å². The largest absolute Gasteiger partial charge is 0.497 e. The first-order valence-electron chi connectivity index (χ1n) is 5.79. The van der Waals surface area contributed by atoms with E-state index in [-0.39, 0.29) is 0 Å². The molecule has 2 rings (SSSR count). The van der Waals surface area contributed by atoms with E-state index in [1.165, 1.54) is 0 Å². The van der Waals surface area contributed by atoms with Crippen LogP contribution in [0.5, 0.6) is 5.75 Å². The van der Waals surface area contributed by atoms with Crippen molar-refractivity contribution in [3.05, 3.63) is 51.8 Å². The van der Waals surface area contributed by atoms with Gasteiger partial charge in [-0.2, -0.15) is 0 Å². The molecule has 0 saturated carbocycles. The molecule has 0 aliphatic carbocycles. The molecule has 0 aliphatic heterocycles. The lowest BCUT2D eigenvalue weighted by atomic mass is 10.2. The summed E-state index contributed by atoms with van der Waals surface area (Å²) in [5, 5.41) is 4.32. The lowest BCUT2D eigenvalue weighted by Gasteiger charge is -2.09. The Bertz CT molecular complexity index is 588. The van der Waals surface area contributed by atoms with Gasteiger partial charge in [-0.25, -0.2) is 0 Å². The first kappa shape index (κ1) is 14.0. The normalized spacial score (nSPS) is 10.3. The van der Waals surface area contributed by atoms with Gasteiger partial charge in [-0.1, -0.05) is 23.2 Å². The molecule has 1 N–H and O–H groups in total. The number of anilines is 1. The minimum Gasteiger partial charge on any atom is -0.497 e. The van der Waals surface area contributed by atoms with Crippen molar-refractivity contribution in [2.45, 2.75) is 13.5 Å². The number of hydrogen-bond donors (Lipinski definition) is 1. The molecule has 0 aliphatic rings. The molecule has 3 nitrogen and oxygen atoms in total. The Morgan fingerprint density at radius 3 is 2.63 bits per heavy atom. The van der Waals surface area contributed by atoms with Crippen LogP contribution in [0.1, 0.15) is 11.4 Å². The van der Waals surface area contributed by atoms with Crippen molar-refractivity contribution < 1.29 is 4.74 Å². The standard InChI is InChI=1S/C14H14Cl2N2O/c1-9-5-12(19-2)6-11(18-9)8-17-10-3-4-13(15)14(16)7-10/h3-7,17H,8H2,1-2H3. The molecule has 5 heteroatoms. The van der Waals surface area contributed by atoms with E-state index in [1.54, 1.807) is 19.2 Å². The van der Waals surface area contributed by atoms with Gasteiger partial charge in [0.15, 0.2) is 0 Å². The fourth-order valence-electron chi connectivity index (χ4n) is 1.71. The Morgan fingerprint density at radius 1 is 1.16 bits per heavy atom. The van der Waals surface area contributed by atoms with Gasteiger partial charge in [0, 0.05) is 23.5 Å². The number of hydrogen-bond acceptors (Lipinski definition) is 3. The summed E-state index contributed by atoms with van der Waals surface area (Å²) in [6, 6.07) is 9.22. The van der Waals surface area contributed by atoms with E-state index in [9.17, 15) is 0 Å². The van der Waals surface area contributed by atoms with Crippen LogP contribution in [0, 0.1) is 6.92 Å². The Kier molecular flexibility index (Phi) is 4.51. The number of pyridine rings is 1. The van der Waals surface area contributed by atoms with Crippen molar-refractivity contribution in [3.8, 4) is 5.75 Å². The Balaban J connectivity index is 2.09. The lowest BCUT2D eigenvalue weighted by Crippen LogP contribution is -2.03. The van der Waals surface area contributed by atoms with Crippen LogP contribution >= 0.6 is 23.2 Å². The zero-order chi connectivity index (χ0) is 13.8. The van der Waals surface area contributed by atoms with E-state index in [2.05, 4.69) is 10.3 Å². The number of nitrogens with zero attached hydrogens (tertiary/aromatic N) is 1. The highest BCUT2D eigenvalue weighted by atomic mass is 35.5. The topological polar surface area (TPSA) is 34.1 Å². The third-order valence-corrected chi connectivity index (χ3v) is 3.35. The average molecular weight is 297 g/mol. The zero-order valence-electron chi connectivity index (χ0n) is 10.7. The minimum atomic E-state index is 0.529. The van der Waals surface area contributed by atoms with Crippen molar-refractivity contribution in [3.63, 3.8) is 0 Å². The van der Waals surface area contributed by atoms with Gasteiger partial charge in [-0.3, -0.25) is 4.98 Å². The summed E-state index contributed by atoms with van der Waals surface area (Å²) < 4.78 is 5.22. The molecule has 0 amide bonds. The molecule has 0 atom stereocenters. The molecule has 0 fully saturated rings. The summed E-state index contributed by atoms with van der Waals surface area (Å²) in [6.45, 7) is 2.53. The summed E-state index contributed by atoms with van der Waals surface area (Å²) >= 11 is 11.8. The van der Waals surface area contributed by atoms with Crippen LogP contribution in [0.4, 0.5) is 5.69 Å². The molecular formula is C14H14Cl2N2O. The average Bonchev–Trinajstić information content (AvgIpc) is 2.39. The summed E-state index contributed by atoms with van der Waals surface area (Å²) in [6.07, 6.45) is 0. The van der Waals surface area contributed by atoms with Crippen molar-refractivity contribution in [2.75, 3.05) is 12.4 Å². The molecule has 0 saturated heterocycles. The Labute approximate surface area is 122 Å². The highest BCUT2D eigenvalue weighted by Crippen LogP contribution is 2.25. The highest BCUT2D eigenvalue weighted by molar-refractivity contribution is 6.42. The van der Waals surface area contributed by atoms with E-state index in [0.29, 0.717) is 16.6 Å². The second kappa shape index (κ2) is 6.13. The van der Waals surface area contributed by atoms with Crippen molar-refractivity contribution in [1.29, 1.82) is 0 Å². The van der Waals surface area contributed by atoms with Gasteiger partial charge >= 0.3 is 0 Å². The van der Waals surface area contributed by atoms with Crippen LogP contribution in [0.3, 0.4) is 0 Å². The van der Waals surface area contributed by atoms with Crippen molar-refractivity contribution >= 4 is 28.9 Å². The number of aryl methyl sites for hydroxylation is 1. The predicted molar refractivity (Wildman–Crippen MR) is 79.3 cm³/mol. The van der Waals surface area contributed by atoms with E-state index in [0.717, 1.165) is 22.8 Å². The molecule has 0 spiro atoms. The third kappa shape index (κ3) is 3.75. The smallest absolute Gasteiger partial charge is 0.122 e. The number of aromatic nitrogens is 1. The summed E-state index contributed by atoms with van der Waals surface area (Å²) in [5.74, 6) is 0.804. The van der Waals surface area contributed by atoms with E-state index in [1.807, 2.05) is 25.1 Å². The van der Waals surface area contributed by atoms with Crippen LogP contribution < -0.4 is 10.1 Å². The first-order chi connectivity index (χ1) is 9.08. The maximum atomic E-state index is 5.96. The molecule has 2 aromatic rings. The quantitative estimate of drug-likeness (QED) is 0.912. The van der Waals surface area contributed by atoms with E-state index >= 15 is 0 Å². The second-order valence-electron chi connectivity index (χ2n) is 4.12. The number of ether oxygens (including phenoxy) is 1. The van der Waals surface area contributed by atoms with Crippen molar-refractivity contribution in [2.24, 2.45) is 0 Å². The molecule has 19 heavy (non-hydrogen) atoms. The molecule has 1 aromatic carbocycles. The summed E-state index contributed by atoms with van der Waals surface area (Å²) in [4.78, 5) is 4.44. The monoisotopic (exact) mass is 296 g/mol. The molecule has 1 heterocycles. The van der Waals surface area contributed by atoms with Crippen LogP contribution in [-0.4, -0.2) is 12.1 Å². The van der Waals surface area contributed by atoms with E-state index < -0.39 is 0 Å². The molecule has 100 valence electrons. The minimum absolute atomic E-state index is 0.529. The summed E-state index contributed by atoms with van der Waals surface area (Å²) in [5.41, 5.74) is 2.73. The molecular weight excluding hydrogens is 283 g/mol. The number of nitrogens with one attached hydrogen (secondary N) is 1. The number of rotatable bonds is 4. The lowest BCUT2D eigenvalue weighted by molar-refractivity contribution is 0.413. The summed E-state index contributed by atoms with van der Waals surface area (Å²) in [7, 11) is 1.64. The van der Waals surface area contributed by atoms with E-state index in [4.69, 9.17) is 27.9 Å². The molecule has 0 radical (unpaired) electrons. The highest BCUT2D eigenvalue weighted by Gasteiger charge is 2.02. The maximum Gasteiger partial charge on any atom is 0.122 e. The third-order valence-electron chi connectivity index (χ3n) is 2.61. The zero-order valence-corrected chi connectivity index (χ0v) is 12.2. The molecule has 0 unspecified atom stereocenters. The van der Waals surface area contributed by atoms with Crippen LogP contribution in [0.2, 0.25) is 10.0 Å². The van der Waals surface area contributed by atoms with Gasteiger partial charge in [0.2, 0.25) is 0 Å². The Morgan fingerprint density at radius 2 is 1.95 bits per heavy atom. The molecule has 0 bridgehead atoms. The fraction of sp³-hybridized carbons (Fsp3) is 0.214. The second-order valence-corrected chi connectivity index (χ2v) is 4.94. The van der Waals surface area contributed by atoms with Gasteiger partial charge in [-0.05, 0) is 25.1 Å². The molecule has 1 aromatic heterocycles. The Hall–Kier alpha value is -1.45. The maximum absolute atomic E-state index is 5.96. The van der Waals surface area contributed by atoms with Crippen LogP contribution in [0.25, 0.3) is 0 Å². The van der Waals surface area contributed by atoms with Gasteiger partial charge in [0.25, 0.3) is 0 Å².